The standard InChI is InChI=1S/C79H147NO8/c1-6-8-10-12-14-16-18-20-22-24-26-28-30-32-34-36-38-39-40-42-44-46-48-50-52-54-56-58-60-62-64-66-68-70-77(82)88-75(74-87-79(78(83)84)85-72-71-80(3,4)5)73-86-76(81)69-67-65-63-61-59-57-55-53-51-49-47-45-43-41-37-35-33-31-29-27-25-23-21-19-17-15-13-11-9-7-2/h8,10,14,16,20,22,26,28,75,79H,6-7,9,11-13,15,17-19,21,23-25,27,29-74H2,1-5H3/p+1/b10-8-,16-14-,22-20-,28-26-. The normalized spacial score (nSPS) is 12.9. The molecule has 9 nitrogen and oxygen atoms in total. The SMILES string of the molecule is CC/C=C\C/C=C\C/C=C\C/C=C\CCCCCCCCCCCCCCCCCCCCCCC(=O)OC(COC(=O)CCCCCCCCCCCCCCCCCCCCCCCCCCCCCCCC)COC(OCC[N+](C)(C)C)C(=O)O. The van der Waals surface area contributed by atoms with Crippen molar-refractivity contribution in [1.29, 1.82) is 0 Å². The number of rotatable bonds is 72. The van der Waals surface area contributed by atoms with E-state index in [1.54, 1.807) is 0 Å². The van der Waals surface area contributed by atoms with Gasteiger partial charge in [-0.15, -0.1) is 0 Å². The fourth-order valence-electron chi connectivity index (χ4n) is 11.5. The highest BCUT2D eigenvalue weighted by Gasteiger charge is 2.25. The molecule has 0 aliphatic carbocycles. The van der Waals surface area contributed by atoms with Crippen LogP contribution in [0.15, 0.2) is 48.6 Å². The monoisotopic (exact) mass is 1240 g/mol. The molecule has 0 amide bonds. The number of likely N-dealkylation sites (N-methyl/N-ethyl adjacent to an activating group) is 1. The second-order valence-corrected chi connectivity index (χ2v) is 27.3. The van der Waals surface area contributed by atoms with E-state index in [2.05, 4.69) is 62.5 Å². The molecule has 0 bridgehead atoms. The van der Waals surface area contributed by atoms with E-state index in [-0.39, 0.29) is 38.2 Å². The Morgan fingerprint density at radius 3 is 0.966 bits per heavy atom. The number of esters is 2. The van der Waals surface area contributed by atoms with E-state index in [1.807, 2.05) is 21.1 Å². The van der Waals surface area contributed by atoms with E-state index < -0.39 is 18.4 Å². The first-order valence-electron chi connectivity index (χ1n) is 38.3. The van der Waals surface area contributed by atoms with Crippen LogP contribution in [0.25, 0.3) is 0 Å². The first kappa shape index (κ1) is 85.2. The van der Waals surface area contributed by atoms with Gasteiger partial charge in [0, 0.05) is 12.8 Å². The molecule has 0 rings (SSSR count). The fraction of sp³-hybridized carbons (Fsp3) is 0.861. The molecule has 0 fully saturated rings. The zero-order chi connectivity index (χ0) is 64.0. The van der Waals surface area contributed by atoms with Crippen LogP contribution in [0.1, 0.15) is 380 Å². The number of allylic oxidation sites excluding steroid dienone is 8. The van der Waals surface area contributed by atoms with E-state index >= 15 is 0 Å². The van der Waals surface area contributed by atoms with Gasteiger partial charge in [0.2, 0.25) is 0 Å². The molecule has 0 aliphatic heterocycles. The largest absolute Gasteiger partial charge is 0.477 e. The second-order valence-electron chi connectivity index (χ2n) is 27.3. The van der Waals surface area contributed by atoms with Gasteiger partial charge in [-0.05, 0) is 51.4 Å². The van der Waals surface area contributed by atoms with E-state index in [0.29, 0.717) is 17.4 Å². The van der Waals surface area contributed by atoms with Gasteiger partial charge in [-0.25, -0.2) is 4.79 Å². The lowest BCUT2D eigenvalue weighted by Gasteiger charge is -2.25. The third-order valence-corrected chi connectivity index (χ3v) is 17.3. The molecule has 2 unspecified atom stereocenters. The number of carboxylic acids is 1. The molecule has 0 spiro atoms. The predicted molar refractivity (Wildman–Crippen MR) is 378 cm³/mol. The van der Waals surface area contributed by atoms with Crippen molar-refractivity contribution >= 4 is 17.9 Å². The third kappa shape index (κ3) is 70.7. The Hall–Kier alpha value is -2.75. The van der Waals surface area contributed by atoms with Crippen LogP contribution in [0.2, 0.25) is 0 Å². The van der Waals surface area contributed by atoms with Crippen molar-refractivity contribution in [3.05, 3.63) is 48.6 Å². The van der Waals surface area contributed by atoms with E-state index in [1.165, 1.54) is 289 Å². The van der Waals surface area contributed by atoms with Crippen LogP contribution in [0, 0.1) is 0 Å². The number of hydrogen-bond acceptors (Lipinski definition) is 7. The summed E-state index contributed by atoms with van der Waals surface area (Å²) in [6.07, 6.45) is 88.3. The number of ether oxygens (including phenoxy) is 4. The summed E-state index contributed by atoms with van der Waals surface area (Å²) >= 11 is 0. The highest BCUT2D eigenvalue weighted by Crippen LogP contribution is 2.20. The summed E-state index contributed by atoms with van der Waals surface area (Å²) < 4.78 is 23.1. The molecule has 516 valence electrons. The summed E-state index contributed by atoms with van der Waals surface area (Å²) in [7, 11) is 6.00. The first-order valence-corrected chi connectivity index (χ1v) is 38.3. The van der Waals surface area contributed by atoms with Crippen LogP contribution >= 0.6 is 0 Å². The molecular formula is C79H148NO8+. The maximum atomic E-state index is 13.0. The summed E-state index contributed by atoms with van der Waals surface area (Å²) in [5.41, 5.74) is 0. The Bertz CT molecular complexity index is 1580. The molecule has 1 N–H and O–H groups in total. The molecule has 0 saturated heterocycles. The number of carbonyl (C=O) groups is 3. The molecule has 0 aromatic rings. The molecule has 0 aliphatic rings. The van der Waals surface area contributed by atoms with Crippen molar-refractivity contribution in [1.82, 2.24) is 0 Å². The van der Waals surface area contributed by atoms with Crippen LogP contribution in [0.5, 0.6) is 0 Å². The van der Waals surface area contributed by atoms with Gasteiger partial charge in [-0.3, -0.25) is 9.59 Å². The van der Waals surface area contributed by atoms with Gasteiger partial charge in [0.05, 0.1) is 34.4 Å². The van der Waals surface area contributed by atoms with Gasteiger partial charge in [-0.2, -0.15) is 0 Å². The number of quaternary nitrogens is 1. The van der Waals surface area contributed by atoms with Crippen molar-refractivity contribution in [3.63, 3.8) is 0 Å². The molecule has 0 saturated carbocycles. The van der Waals surface area contributed by atoms with Crippen molar-refractivity contribution in [2.75, 3.05) is 47.5 Å². The number of carboxylic acid groups (broad SMARTS) is 1. The van der Waals surface area contributed by atoms with Crippen LogP contribution in [0.4, 0.5) is 0 Å². The summed E-state index contributed by atoms with van der Waals surface area (Å²) in [5, 5.41) is 9.76. The summed E-state index contributed by atoms with van der Waals surface area (Å²) in [4.78, 5) is 37.7. The molecule has 0 radical (unpaired) electrons. The number of unbranched alkanes of at least 4 members (excludes halogenated alkanes) is 49. The fourth-order valence-corrected chi connectivity index (χ4v) is 11.5. The van der Waals surface area contributed by atoms with Gasteiger partial charge in [0.1, 0.15) is 13.2 Å². The van der Waals surface area contributed by atoms with Crippen molar-refractivity contribution < 1.29 is 42.9 Å². The minimum Gasteiger partial charge on any atom is -0.477 e. The number of aliphatic carboxylic acids is 1. The number of hydrogen-bond donors (Lipinski definition) is 1. The average molecular weight is 1240 g/mol. The maximum Gasteiger partial charge on any atom is 0.361 e. The Kier molecular flexibility index (Phi) is 67.9. The van der Waals surface area contributed by atoms with Crippen molar-refractivity contribution in [2.45, 2.75) is 392 Å². The third-order valence-electron chi connectivity index (χ3n) is 17.3. The van der Waals surface area contributed by atoms with E-state index in [0.717, 1.165) is 64.2 Å². The Morgan fingerprint density at radius 2 is 0.648 bits per heavy atom. The molecule has 2 atom stereocenters. The smallest absolute Gasteiger partial charge is 0.361 e. The topological polar surface area (TPSA) is 108 Å². The minimum atomic E-state index is -1.51. The van der Waals surface area contributed by atoms with Crippen LogP contribution in [0.3, 0.4) is 0 Å². The maximum absolute atomic E-state index is 13.0. The molecule has 9 heteroatoms. The van der Waals surface area contributed by atoms with Crippen LogP contribution < -0.4 is 0 Å². The Morgan fingerprint density at radius 1 is 0.352 bits per heavy atom. The molecule has 0 heterocycles. The van der Waals surface area contributed by atoms with Crippen LogP contribution in [-0.2, 0) is 33.3 Å². The molecule has 0 aromatic carbocycles. The molecule has 0 aromatic heterocycles. The zero-order valence-corrected chi connectivity index (χ0v) is 59.2. The Labute approximate surface area is 546 Å². The van der Waals surface area contributed by atoms with Gasteiger partial charge in [-0.1, -0.05) is 364 Å². The molecular weight excluding hydrogens is 1090 g/mol. The van der Waals surface area contributed by atoms with E-state index in [9.17, 15) is 19.5 Å². The zero-order valence-electron chi connectivity index (χ0n) is 59.2. The lowest BCUT2D eigenvalue weighted by Crippen LogP contribution is -2.40. The van der Waals surface area contributed by atoms with Gasteiger partial charge in [0.15, 0.2) is 6.10 Å². The van der Waals surface area contributed by atoms with Crippen molar-refractivity contribution in [3.8, 4) is 0 Å². The number of carbonyl (C=O) groups excluding carboxylic acids is 2. The molecule has 88 heavy (non-hydrogen) atoms. The highest BCUT2D eigenvalue weighted by molar-refractivity contribution is 5.71. The summed E-state index contributed by atoms with van der Waals surface area (Å²) in [6.45, 7) is 4.84. The summed E-state index contributed by atoms with van der Waals surface area (Å²) in [5.74, 6) is -1.97. The van der Waals surface area contributed by atoms with Crippen LogP contribution in [-0.4, -0.2) is 87.4 Å². The van der Waals surface area contributed by atoms with Gasteiger partial charge >= 0.3 is 17.9 Å². The van der Waals surface area contributed by atoms with Gasteiger partial charge < -0.3 is 28.5 Å². The first-order chi connectivity index (χ1) is 43.1. The quantitative estimate of drug-likeness (QED) is 0.0211. The number of nitrogens with zero attached hydrogens (tertiary/aromatic N) is 1. The van der Waals surface area contributed by atoms with Gasteiger partial charge in [0.25, 0.3) is 6.29 Å². The predicted octanol–water partition coefficient (Wildman–Crippen LogP) is 24.1. The average Bonchev–Trinajstić information content (AvgIpc) is 3.62. The second kappa shape index (κ2) is 70.1. The van der Waals surface area contributed by atoms with Crippen molar-refractivity contribution in [2.24, 2.45) is 0 Å². The highest BCUT2D eigenvalue weighted by atomic mass is 16.7. The minimum absolute atomic E-state index is 0.176. The van der Waals surface area contributed by atoms with E-state index in [4.69, 9.17) is 18.9 Å². The summed E-state index contributed by atoms with van der Waals surface area (Å²) in [6, 6.07) is 0. The lowest BCUT2D eigenvalue weighted by atomic mass is 10.0. The lowest BCUT2D eigenvalue weighted by molar-refractivity contribution is -0.870. The Balaban J connectivity index is 4.00.